The van der Waals surface area contributed by atoms with Gasteiger partial charge in [-0.2, -0.15) is 8.78 Å². The number of hydrogen-bond acceptors (Lipinski definition) is 4. The molecule has 0 atom stereocenters. The molecule has 2 aromatic rings. The molecule has 0 aliphatic rings. The smallest absolute Gasteiger partial charge is 0.319 e. The van der Waals surface area contributed by atoms with Gasteiger partial charge in [-0.3, -0.25) is 4.57 Å². The van der Waals surface area contributed by atoms with Crippen LogP contribution in [0.4, 0.5) is 8.78 Å². The first-order valence-electron chi connectivity index (χ1n) is 4.96. The molecule has 0 amide bonds. The van der Waals surface area contributed by atoms with E-state index in [-0.39, 0.29) is 0 Å². The third kappa shape index (κ3) is 3.06. The molecule has 0 saturated heterocycles. The predicted molar refractivity (Wildman–Crippen MR) is 59.7 cm³/mol. The van der Waals surface area contributed by atoms with Gasteiger partial charge in [0.25, 0.3) is 0 Å². The molecule has 0 saturated carbocycles. The first kappa shape index (κ1) is 12.1. The fourth-order valence-electron chi connectivity index (χ4n) is 1.37. The number of hydrogen-bond donors (Lipinski definition) is 0. The molecule has 0 aliphatic carbocycles. The monoisotopic (exact) mass is 259 g/mol. The van der Waals surface area contributed by atoms with Gasteiger partial charge in [0.2, 0.25) is 0 Å². The number of aromatic nitrogens is 3. The topological polar surface area (TPSA) is 43.9 Å². The quantitative estimate of drug-likeness (QED) is 0.828. The molecular formula is C10H11F2N3OS. The third-order valence-electron chi connectivity index (χ3n) is 2.12. The molecule has 0 unspecified atom stereocenters. The number of rotatable bonds is 5. The minimum absolute atomic E-state index is 0.366. The van der Waals surface area contributed by atoms with Crippen molar-refractivity contribution in [3.63, 3.8) is 0 Å². The van der Waals surface area contributed by atoms with Gasteiger partial charge in [0, 0.05) is 24.2 Å². The molecule has 92 valence electrons. The molecule has 2 aromatic heterocycles. The van der Waals surface area contributed by atoms with E-state index in [0.29, 0.717) is 17.3 Å². The molecule has 0 aromatic carbocycles. The lowest BCUT2D eigenvalue weighted by atomic mass is 10.4. The van der Waals surface area contributed by atoms with Gasteiger partial charge >= 0.3 is 6.55 Å². The maximum Gasteiger partial charge on any atom is 0.319 e. The second-order valence-electron chi connectivity index (χ2n) is 3.45. The average molecular weight is 259 g/mol. The van der Waals surface area contributed by atoms with Gasteiger partial charge in [-0.15, -0.1) is 11.8 Å². The van der Waals surface area contributed by atoms with E-state index < -0.39 is 6.55 Å². The van der Waals surface area contributed by atoms with Crippen LogP contribution in [0.1, 0.15) is 23.8 Å². The highest BCUT2D eigenvalue weighted by Crippen LogP contribution is 2.20. The maximum atomic E-state index is 12.5. The average Bonchev–Trinajstić information content (AvgIpc) is 2.87. The highest BCUT2D eigenvalue weighted by molar-refractivity contribution is 7.97. The summed E-state index contributed by atoms with van der Waals surface area (Å²) in [5.74, 6) is 2.15. The van der Waals surface area contributed by atoms with Crippen molar-refractivity contribution in [2.75, 3.05) is 0 Å². The Bertz CT molecular complexity index is 483. The van der Waals surface area contributed by atoms with Crippen LogP contribution < -0.4 is 0 Å². The zero-order chi connectivity index (χ0) is 12.3. The van der Waals surface area contributed by atoms with Crippen LogP contribution in [-0.4, -0.2) is 14.7 Å². The Balaban J connectivity index is 1.88. The number of nitrogens with zero attached hydrogens (tertiary/aromatic N) is 3. The summed E-state index contributed by atoms with van der Waals surface area (Å²) in [7, 11) is 0. The lowest BCUT2D eigenvalue weighted by molar-refractivity contribution is 0.0678. The molecule has 0 aliphatic heterocycles. The Morgan fingerprint density at radius 3 is 2.94 bits per heavy atom. The van der Waals surface area contributed by atoms with Crippen LogP contribution in [0.3, 0.4) is 0 Å². The standard InChI is InChI=1S/C10H11F2N3OS/c1-7-4-8(14-16-7)5-17-6-9-13-2-3-15(9)10(11)12/h2-4,10H,5-6H2,1H3. The first-order valence-corrected chi connectivity index (χ1v) is 6.12. The van der Waals surface area contributed by atoms with E-state index in [0.717, 1.165) is 16.0 Å². The summed E-state index contributed by atoms with van der Waals surface area (Å²) in [6.07, 6.45) is 2.66. The minimum Gasteiger partial charge on any atom is -0.361 e. The normalized spacial score (nSPS) is 11.3. The van der Waals surface area contributed by atoms with Crippen LogP contribution in [-0.2, 0) is 11.5 Å². The minimum atomic E-state index is -2.54. The van der Waals surface area contributed by atoms with Crippen molar-refractivity contribution in [2.45, 2.75) is 25.0 Å². The molecule has 0 radical (unpaired) electrons. The molecular weight excluding hydrogens is 248 g/mol. The van der Waals surface area contributed by atoms with Crippen molar-refractivity contribution < 1.29 is 13.3 Å². The van der Waals surface area contributed by atoms with E-state index >= 15 is 0 Å². The highest BCUT2D eigenvalue weighted by atomic mass is 32.2. The van der Waals surface area contributed by atoms with Crippen LogP contribution in [0.15, 0.2) is 23.0 Å². The fraction of sp³-hybridized carbons (Fsp3) is 0.400. The molecule has 2 rings (SSSR count). The zero-order valence-corrected chi connectivity index (χ0v) is 9.95. The largest absolute Gasteiger partial charge is 0.361 e. The van der Waals surface area contributed by atoms with E-state index in [1.165, 1.54) is 24.2 Å². The van der Waals surface area contributed by atoms with Gasteiger partial charge in [0.1, 0.15) is 11.6 Å². The van der Waals surface area contributed by atoms with Crippen molar-refractivity contribution in [2.24, 2.45) is 0 Å². The highest BCUT2D eigenvalue weighted by Gasteiger charge is 2.11. The summed E-state index contributed by atoms with van der Waals surface area (Å²) in [6.45, 7) is -0.729. The zero-order valence-electron chi connectivity index (χ0n) is 9.14. The summed E-state index contributed by atoms with van der Waals surface area (Å²) < 4.78 is 30.8. The van der Waals surface area contributed by atoms with Crippen LogP contribution in [0, 0.1) is 6.92 Å². The maximum absolute atomic E-state index is 12.5. The number of thioether (sulfide) groups is 1. The van der Waals surface area contributed by atoms with E-state index in [1.54, 1.807) is 0 Å². The number of imidazole rings is 1. The van der Waals surface area contributed by atoms with Crippen LogP contribution in [0.25, 0.3) is 0 Å². The molecule has 0 N–H and O–H groups in total. The van der Waals surface area contributed by atoms with E-state index in [9.17, 15) is 8.78 Å². The Labute approximate surface area is 101 Å². The summed E-state index contributed by atoms with van der Waals surface area (Å²) in [5.41, 5.74) is 0.808. The predicted octanol–water partition coefficient (Wildman–Crippen LogP) is 3.01. The molecule has 0 bridgehead atoms. The summed E-state index contributed by atoms with van der Waals surface area (Å²) in [6, 6.07) is 1.83. The van der Waals surface area contributed by atoms with Crippen molar-refractivity contribution in [3.05, 3.63) is 35.7 Å². The number of alkyl halides is 2. The Morgan fingerprint density at radius 1 is 1.47 bits per heavy atom. The summed E-state index contributed by atoms with van der Waals surface area (Å²) >= 11 is 1.47. The van der Waals surface area contributed by atoms with Crippen LogP contribution in [0.2, 0.25) is 0 Å². The Hall–Kier alpha value is -1.37. The van der Waals surface area contributed by atoms with E-state index in [4.69, 9.17) is 4.52 Å². The van der Waals surface area contributed by atoms with Gasteiger partial charge in [0.15, 0.2) is 0 Å². The molecule has 2 heterocycles. The molecule has 4 nitrogen and oxygen atoms in total. The molecule has 17 heavy (non-hydrogen) atoms. The van der Waals surface area contributed by atoms with Gasteiger partial charge in [0.05, 0.1) is 11.4 Å². The van der Waals surface area contributed by atoms with Crippen molar-refractivity contribution >= 4 is 11.8 Å². The molecule has 0 fully saturated rings. The fourth-order valence-corrected chi connectivity index (χ4v) is 2.22. The van der Waals surface area contributed by atoms with Crippen molar-refractivity contribution in [3.8, 4) is 0 Å². The molecule has 0 spiro atoms. The van der Waals surface area contributed by atoms with Gasteiger partial charge in [-0.05, 0) is 6.92 Å². The van der Waals surface area contributed by atoms with E-state index in [1.807, 2.05) is 13.0 Å². The van der Waals surface area contributed by atoms with E-state index in [2.05, 4.69) is 10.1 Å². The lowest BCUT2D eigenvalue weighted by Crippen LogP contribution is -2.02. The lowest BCUT2D eigenvalue weighted by Gasteiger charge is -2.04. The SMILES string of the molecule is Cc1cc(CSCc2nccn2C(F)F)no1. The number of aryl methyl sites for hydroxylation is 1. The van der Waals surface area contributed by atoms with Crippen LogP contribution >= 0.6 is 11.8 Å². The summed E-state index contributed by atoms with van der Waals surface area (Å²) in [5, 5.41) is 3.82. The van der Waals surface area contributed by atoms with Gasteiger partial charge in [-0.25, -0.2) is 4.98 Å². The second kappa shape index (κ2) is 5.31. The molecule has 7 heteroatoms. The van der Waals surface area contributed by atoms with Gasteiger partial charge in [-0.1, -0.05) is 5.16 Å². The Morgan fingerprint density at radius 2 is 2.29 bits per heavy atom. The Kier molecular flexibility index (Phi) is 3.78. The third-order valence-corrected chi connectivity index (χ3v) is 3.08. The second-order valence-corrected chi connectivity index (χ2v) is 4.44. The first-order chi connectivity index (χ1) is 8.16. The van der Waals surface area contributed by atoms with Gasteiger partial charge < -0.3 is 4.52 Å². The van der Waals surface area contributed by atoms with Crippen LogP contribution in [0.5, 0.6) is 0 Å². The number of halogens is 2. The summed E-state index contributed by atoms with van der Waals surface area (Å²) in [4.78, 5) is 3.89. The van der Waals surface area contributed by atoms with Crippen molar-refractivity contribution in [1.29, 1.82) is 0 Å². The van der Waals surface area contributed by atoms with Crippen molar-refractivity contribution in [1.82, 2.24) is 14.7 Å².